The molecule has 1 unspecified atom stereocenters. The minimum absolute atomic E-state index is 0.272. The maximum Gasteiger partial charge on any atom is 0.236 e. The summed E-state index contributed by atoms with van der Waals surface area (Å²) >= 11 is 0. The molecular weight excluding hydrogens is 216 g/mol. The maximum absolute atomic E-state index is 12.1. The zero-order chi connectivity index (χ0) is 12.1. The fraction of sp³-hybridized carbons (Fsp3) is 0.846. The summed E-state index contributed by atoms with van der Waals surface area (Å²) in [5.41, 5.74) is 0. The first-order valence-corrected chi connectivity index (χ1v) is 6.72. The lowest BCUT2D eigenvalue weighted by molar-refractivity contribution is -0.137. The monoisotopic (exact) mass is 239 g/mol. The third kappa shape index (κ3) is 3.42. The van der Waals surface area contributed by atoms with Gasteiger partial charge in [-0.15, -0.1) is 0 Å². The van der Waals surface area contributed by atoms with E-state index < -0.39 is 0 Å². The van der Waals surface area contributed by atoms with Crippen LogP contribution in [0.3, 0.4) is 0 Å². The largest absolute Gasteiger partial charge is 0.378 e. The van der Waals surface area contributed by atoms with Crippen molar-refractivity contribution >= 4 is 5.91 Å². The second-order valence-electron chi connectivity index (χ2n) is 4.84. The second kappa shape index (κ2) is 6.36. The minimum atomic E-state index is 0.272. The predicted molar refractivity (Wildman–Crippen MR) is 66.6 cm³/mol. The molecule has 0 aromatic carbocycles. The van der Waals surface area contributed by atoms with E-state index in [0.29, 0.717) is 25.8 Å². The molecule has 97 valence electrons. The van der Waals surface area contributed by atoms with E-state index in [0.717, 1.165) is 38.9 Å². The Morgan fingerprint density at radius 1 is 1.35 bits per heavy atom. The van der Waals surface area contributed by atoms with Crippen molar-refractivity contribution in [3.63, 3.8) is 0 Å². The third-order valence-corrected chi connectivity index (χ3v) is 3.75. The molecule has 0 saturated carbocycles. The molecule has 1 radical (unpaired) electrons. The molecule has 17 heavy (non-hydrogen) atoms. The van der Waals surface area contributed by atoms with Crippen LogP contribution in [0.25, 0.3) is 0 Å². The van der Waals surface area contributed by atoms with E-state index in [1.807, 2.05) is 4.90 Å². The highest BCUT2D eigenvalue weighted by Gasteiger charge is 2.25. The number of likely N-dealkylation sites (tertiary alicyclic amines) is 1. The molecule has 2 rings (SSSR count). The molecule has 2 aliphatic rings. The summed E-state index contributed by atoms with van der Waals surface area (Å²) in [7, 11) is 0. The standard InChI is InChI=1S/C13H23N2O2/c1-2-12-5-3-4-6-15(12)11-13(16)14-7-9-17-10-8-14/h3,12H,2,4-11H2,1H3. The Hall–Kier alpha value is -0.610. The quantitative estimate of drug-likeness (QED) is 0.734. The highest BCUT2D eigenvalue weighted by Crippen LogP contribution is 2.18. The minimum Gasteiger partial charge on any atom is -0.378 e. The lowest BCUT2D eigenvalue weighted by Gasteiger charge is -2.36. The van der Waals surface area contributed by atoms with Crippen molar-refractivity contribution in [2.24, 2.45) is 0 Å². The van der Waals surface area contributed by atoms with Gasteiger partial charge in [-0.25, -0.2) is 0 Å². The summed E-state index contributed by atoms with van der Waals surface area (Å²) in [6, 6.07) is 0.564. The zero-order valence-corrected chi connectivity index (χ0v) is 10.7. The van der Waals surface area contributed by atoms with Gasteiger partial charge in [-0.3, -0.25) is 9.69 Å². The smallest absolute Gasteiger partial charge is 0.236 e. The van der Waals surface area contributed by atoms with Gasteiger partial charge < -0.3 is 9.64 Å². The molecule has 0 aliphatic carbocycles. The molecule has 0 bridgehead atoms. The van der Waals surface area contributed by atoms with Crippen LogP contribution in [0.2, 0.25) is 0 Å². The van der Waals surface area contributed by atoms with Gasteiger partial charge in [0.2, 0.25) is 5.91 Å². The molecule has 0 aromatic rings. The summed E-state index contributed by atoms with van der Waals surface area (Å²) < 4.78 is 5.27. The lowest BCUT2D eigenvalue weighted by Crippen LogP contribution is -2.49. The van der Waals surface area contributed by atoms with E-state index in [1.54, 1.807) is 0 Å². The van der Waals surface area contributed by atoms with Gasteiger partial charge in [0.25, 0.3) is 0 Å². The van der Waals surface area contributed by atoms with Crippen molar-refractivity contribution in [1.29, 1.82) is 0 Å². The number of carbonyl (C=O) groups is 1. The number of rotatable bonds is 3. The van der Waals surface area contributed by atoms with Crippen LogP contribution in [0, 0.1) is 6.42 Å². The Morgan fingerprint density at radius 3 is 2.82 bits per heavy atom. The van der Waals surface area contributed by atoms with Gasteiger partial charge in [0, 0.05) is 19.1 Å². The number of morpholine rings is 1. The number of piperidine rings is 1. The Morgan fingerprint density at radius 2 is 2.12 bits per heavy atom. The molecule has 2 heterocycles. The average Bonchev–Trinajstić information content (AvgIpc) is 2.40. The highest BCUT2D eigenvalue weighted by atomic mass is 16.5. The molecule has 2 saturated heterocycles. The van der Waals surface area contributed by atoms with Crippen LogP contribution in [0.5, 0.6) is 0 Å². The number of hydrogen-bond acceptors (Lipinski definition) is 3. The molecule has 4 nitrogen and oxygen atoms in total. The highest BCUT2D eigenvalue weighted by molar-refractivity contribution is 5.78. The van der Waals surface area contributed by atoms with E-state index in [-0.39, 0.29) is 5.91 Å². The number of carbonyl (C=O) groups excluding carboxylic acids is 1. The summed E-state index contributed by atoms with van der Waals surface area (Å²) in [5, 5.41) is 0. The van der Waals surface area contributed by atoms with Crippen LogP contribution in [0.15, 0.2) is 0 Å². The molecule has 4 heteroatoms. The third-order valence-electron chi connectivity index (χ3n) is 3.75. The van der Waals surface area contributed by atoms with Crippen molar-refractivity contribution in [2.75, 3.05) is 39.4 Å². The fourth-order valence-corrected chi connectivity index (χ4v) is 2.62. The normalized spacial score (nSPS) is 27.1. The van der Waals surface area contributed by atoms with Gasteiger partial charge in [-0.2, -0.15) is 0 Å². The van der Waals surface area contributed by atoms with Crippen LogP contribution >= 0.6 is 0 Å². The van der Waals surface area contributed by atoms with Crippen molar-refractivity contribution in [1.82, 2.24) is 9.80 Å². The molecule has 0 aromatic heterocycles. The lowest BCUT2D eigenvalue weighted by atomic mass is 10.00. The summed E-state index contributed by atoms with van der Waals surface area (Å²) in [6.07, 6.45) is 5.73. The number of ether oxygens (including phenoxy) is 1. The van der Waals surface area contributed by atoms with Crippen LogP contribution in [0.1, 0.15) is 26.2 Å². The van der Waals surface area contributed by atoms with Crippen LogP contribution in [-0.2, 0) is 9.53 Å². The summed E-state index contributed by atoms with van der Waals surface area (Å²) in [6.45, 7) is 6.73. The zero-order valence-electron chi connectivity index (χ0n) is 10.7. The first kappa shape index (κ1) is 12.8. The molecule has 0 spiro atoms. The van der Waals surface area contributed by atoms with E-state index >= 15 is 0 Å². The van der Waals surface area contributed by atoms with E-state index in [2.05, 4.69) is 18.2 Å². The summed E-state index contributed by atoms with van der Waals surface area (Å²) in [5.74, 6) is 0.272. The Balaban J connectivity index is 1.83. The van der Waals surface area contributed by atoms with Gasteiger partial charge in [0.15, 0.2) is 0 Å². The second-order valence-corrected chi connectivity index (χ2v) is 4.84. The van der Waals surface area contributed by atoms with E-state index in [1.165, 1.54) is 0 Å². The first-order valence-electron chi connectivity index (χ1n) is 6.72. The molecule has 2 fully saturated rings. The van der Waals surface area contributed by atoms with E-state index in [4.69, 9.17) is 4.74 Å². The van der Waals surface area contributed by atoms with Gasteiger partial charge >= 0.3 is 0 Å². The maximum atomic E-state index is 12.1. The van der Waals surface area contributed by atoms with Crippen LogP contribution in [-0.4, -0.2) is 61.1 Å². The number of hydrogen-bond donors (Lipinski definition) is 0. The SMILES string of the molecule is CCC1C[CH]CCN1CC(=O)N1CCOCC1. The molecule has 2 aliphatic heterocycles. The predicted octanol–water partition coefficient (Wildman–Crippen LogP) is 0.924. The van der Waals surface area contributed by atoms with Gasteiger partial charge in [0.1, 0.15) is 0 Å². The topological polar surface area (TPSA) is 32.8 Å². The molecular formula is C13H23N2O2. The van der Waals surface area contributed by atoms with Gasteiger partial charge in [-0.1, -0.05) is 6.92 Å². The molecule has 1 atom stereocenters. The van der Waals surface area contributed by atoms with Gasteiger partial charge in [-0.05, 0) is 32.2 Å². The fourth-order valence-electron chi connectivity index (χ4n) is 2.62. The van der Waals surface area contributed by atoms with Crippen molar-refractivity contribution in [3.8, 4) is 0 Å². The number of nitrogens with zero attached hydrogens (tertiary/aromatic N) is 2. The Labute approximate surface area is 104 Å². The van der Waals surface area contributed by atoms with Gasteiger partial charge in [0.05, 0.1) is 19.8 Å². The average molecular weight is 239 g/mol. The van der Waals surface area contributed by atoms with Crippen LogP contribution in [0.4, 0.5) is 0 Å². The summed E-state index contributed by atoms with van der Waals surface area (Å²) in [4.78, 5) is 16.4. The van der Waals surface area contributed by atoms with Crippen molar-refractivity contribution in [3.05, 3.63) is 6.42 Å². The van der Waals surface area contributed by atoms with E-state index in [9.17, 15) is 4.79 Å². The molecule has 1 amide bonds. The van der Waals surface area contributed by atoms with Crippen molar-refractivity contribution in [2.45, 2.75) is 32.2 Å². The number of amides is 1. The van der Waals surface area contributed by atoms with Crippen molar-refractivity contribution < 1.29 is 9.53 Å². The Bertz CT molecular complexity index is 252. The molecule has 0 N–H and O–H groups in total. The van der Waals surface area contributed by atoms with Crippen LogP contribution < -0.4 is 0 Å². The Kier molecular flexibility index (Phi) is 4.80. The first-order chi connectivity index (χ1) is 8.31.